The van der Waals surface area contributed by atoms with Crippen LogP contribution < -0.4 is 5.73 Å². The molecule has 2 N–H and O–H groups in total. The molecule has 0 bridgehead atoms. The first-order chi connectivity index (χ1) is 7.00. The maximum absolute atomic E-state index is 6.16. The Labute approximate surface area is 94.0 Å². The summed E-state index contributed by atoms with van der Waals surface area (Å²) in [6.07, 6.45) is 1.28. The van der Waals surface area contributed by atoms with E-state index in [-0.39, 0.29) is 12.1 Å². The molecule has 0 spiro atoms. The van der Waals surface area contributed by atoms with E-state index in [4.69, 9.17) is 10.5 Å². The van der Waals surface area contributed by atoms with Gasteiger partial charge in [-0.1, -0.05) is 13.8 Å². The van der Waals surface area contributed by atoms with Gasteiger partial charge >= 0.3 is 0 Å². The standard InChI is InChI=1S/C12H26N2O/c1-9(2)7-11(13)12-8-14(10(3)4)5-6-15-12/h9-12H,5-8,13H2,1-4H3. The molecule has 1 rings (SSSR count). The van der Waals surface area contributed by atoms with Gasteiger partial charge in [-0.05, 0) is 26.2 Å². The molecule has 0 aromatic heterocycles. The van der Waals surface area contributed by atoms with Crippen molar-refractivity contribution in [1.29, 1.82) is 0 Å². The van der Waals surface area contributed by atoms with Crippen LogP contribution in [0.1, 0.15) is 34.1 Å². The van der Waals surface area contributed by atoms with Crippen LogP contribution in [0.4, 0.5) is 0 Å². The van der Waals surface area contributed by atoms with Gasteiger partial charge in [-0.15, -0.1) is 0 Å². The van der Waals surface area contributed by atoms with Gasteiger partial charge in [0.2, 0.25) is 0 Å². The van der Waals surface area contributed by atoms with Gasteiger partial charge in [-0.3, -0.25) is 4.90 Å². The molecule has 2 atom stereocenters. The highest BCUT2D eigenvalue weighted by atomic mass is 16.5. The Morgan fingerprint density at radius 1 is 1.33 bits per heavy atom. The van der Waals surface area contributed by atoms with Crippen molar-refractivity contribution in [3.05, 3.63) is 0 Å². The molecule has 0 saturated carbocycles. The summed E-state index contributed by atoms with van der Waals surface area (Å²) in [6, 6.07) is 0.786. The van der Waals surface area contributed by atoms with E-state index in [2.05, 4.69) is 32.6 Å². The SMILES string of the molecule is CC(C)CC(N)C1CN(C(C)C)CCO1. The highest BCUT2D eigenvalue weighted by molar-refractivity contribution is 4.82. The molecular weight excluding hydrogens is 188 g/mol. The van der Waals surface area contributed by atoms with Crippen molar-refractivity contribution in [2.45, 2.75) is 52.3 Å². The van der Waals surface area contributed by atoms with Crippen LogP contribution in [0.25, 0.3) is 0 Å². The van der Waals surface area contributed by atoms with Crippen LogP contribution in [-0.4, -0.2) is 42.8 Å². The molecule has 0 aromatic rings. The zero-order valence-electron chi connectivity index (χ0n) is 10.6. The fourth-order valence-corrected chi connectivity index (χ4v) is 2.12. The van der Waals surface area contributed by atoms with Gasteiger partial charge in [0.05, 0.1) is 12.7 Å². The van der Waals surface area contributed by atoms with Crippen LogP contribution in [0, 0.1) is 5.92 Å². The molecule has 1 saturated heterocycles. The second-order valence-corrected chi connectivity index (χ2v) is 5.29. The average molecular weight is 214 g/mol. The Morgan fingerprint density at radius 2 is 2.00 bits per heavy atom. The van der Waals surface area contributed by atoms with E-state index >= 15 is 0 Å². The minimum Gasteiger partial charge on any atom is -0.374 e. The van der Waals surface area contributed by atoms with E-state index in [0.717, 1.165) is 26.1 Å². The van der Waals surface area contributed by atoms with Gasteiger partial charge in [0, 0.05) is 25.2 Å². The molecular formula is C12H26N2O. The maximum Gasteiger partial charge on any atom is 0.0853 e. The van der Waals surface area contributed by atoms with Crippen LogP contribution >= 0.6 is 0 Å². The largest absolute Gasteiger partial charge is 0.374 e. The molecule has 1 aliphatic heterocycles. The first-order valence-electron chi connectivity index (χ1n) is 6.12. The maximum atomic E-state index is 6.16. The summed E-state index contributed by atoms with van der Waals surface area (Å²) < 4.78 is 5.75. The lowest BCUT2D eigenvalue weighted by Gasteiger charge is -2.38. The second-order valence-electron chi connectivity index (χ2n) is 5.29. The number of hydrogen-bond donors (Lipinski definition) is 1. The van der Waals surface area contributed by atoms with Crippen molar-refractivity contribution in [3.63, 3.8) is 0 Å². The minimum atomic E-state index is 0.187. The third kappa shape index (κ3) is 4.09. The quantitative estimate of drug-likeness (QED) is 0.770. The molecule has 1 aliphatic rings. The van der Waals surface area contributed by atoms with Crippen molar-refractivity contribution >= 4 is 0 Å². The Kier molecular flexibility index (Phi) is 5.03. The van der Waals surface area contributed by atoms with Gasteiger partial charge in [0.25, 0.3) is 0 Å². The van der Waals surface area contributed by atoms with Crippen molar-refractivity contribution in [3.8, 4) is 0 Å². The summed E-state index contributed by atoms with van der Waals surface area (Å²) in [5, 5.41) is 0. The van der Waals surface area contributed by atoms with E-state index in [1.54, 1.807) is 0 Å². The fourth-order valence-electron chi connectivity index (χ4n) is 2.12. The van der Waals surface area contributed by atoms with Gasteiger partial charge in [-0.25, -0.2) is 0 Å². The van der Waals surface area contributed by atoms with Crippen molar-refractivity contribution in [2.24, 2.45) is 11.7 Å². The number of rotatable bonds is 4. The zero-order valence-corrected chi connectivity index (χ0v) is 10.6. The van der Waals surface area contributed by atoms with Crippen LogP contribution in [0.5, 0.6) is 0 Å². The first-order valence-corrected chi connectivity index (χ1v) is 6.12. The highest BCUT2D eigenvalue weighted by Gasteiger charge is 2.27. The molecule has 3 nitrogen and oxygen atoms in total. The predicted molar refractivity (Wildman–Crippen MR) is 63.9 cm³/mol. The molecule has 1 fully saturated rings. The summed E-state index contributed by atoms with van der Waals surface area (Å²) >= 11 is 0. The minimum absolute atomic E-state index is 0.187. The Bertz CT molecular complexity index is 182. The molecule has 2 unspecified atom stereocenters. The number of nitrogens with zero attached hydrogens (tertiary/aromatic N) is 1. The average Bonchev–Trinajstić information content (AvgIpc) is 2.17. The van der Waals surface area contributed by atoms with Crippen molar-refractivity contribution in [2.75, 3.05) is 19.7 Å². The lowest BCUT2D eigenvalue weighted by molar-refractivity contribution is -0.0521. The van der Waals surface area contributed by atoms with Gasteiger partial charge in [0.15, 0.2) is 0 Å². The summed E-state index contributed by atoms with van der Waals surface area (Å²) in [5.74, 6) is 0.651. The van der Waals surface area contributed by atoms with E-state index in [0.29, 0.717) is 12.0 Å². The van der Waals surface area contributed by atoms with Crippen LogP contribution in [0.2, 0.25) is 0 Å². The Balaban J connectivity index is 2.41. The Hall–Kier alpha value is -0.120. The summed E-state index contributed by atoms with van der Waals surface area (Å²) in [4.78, 5) is 2.45. The van der Waals surface area contributed by atoms with Crippen LogP contribution in [-0.2, 0) is 4.74 Å². The van der Waals surface area contributed by atoms with E-state index in [9.17, 15) is 0 Å². The third-order valence-corrected chi connectivity index (χ3v) is 3.08. The molecule has 3 heteroatoms. The molecule has 0 aromatic carbocycles. The smallest absolute Gasteiger partial charge is 0.0853 e. The normalized spacial score (nSPS) is 26.2. The van der Waals surface area contributed by atoms with E-state index in [1.165, 1.54) is 0 Å². The van der Waals surface area contributed by atoms with Gasteiger partial charge < -0.3 is 10.5 Å². The summed E-state index contributed by atoms with van der Waals surface area (Å²) in [6.45, 7) is 11.8. The van der Waals surface area contributed by atoms with Crippen LogP contribution in [0.15, 0.2) is 0 Å². The van der Waals surface area contributed by atoms with E-state index in [1.807, 2.05) is 0 Å². The first kappa shape index (κ1) is 12.9. The molecule has 1 heterocycles. The lowest BCUT2D eigenvalue weighted by Crippen LogP contribution is -2.52. The third-order valence-electron chi connectivity index (χ3n) is 3.08. The highest BCUT2D eigenvalue weighted by Crippen LogP contribution is 2.15. The summed E-state index contributed by atoms with van der Waals surface area (Å²) in [5.41, 5.74) is 6.16. The molecule has 15 heavy (non-hydrogen) atoms. The van der Waals surface area contributed by atoms with Crippen LogP contribution in [0.3, 0.4) is 0 Å². The molecule has 90 valence electrons. The number of morpholine rings is 1. The summed E-state index contributed by atoms with van der Waals surface area (Å²) in [7, 11) is 0. The van der Waals surface area contributed by atoms with Crippen molar-refractivity contribution in [1.82, 2.24) is 4.90 Å². The zero-order chi connectivity index (χ0) is 11.4. The number of hydrogen-bond acceptors (Lipinski definition) is 3. The number of nitrogens with two attached hydrogens (primary N) is 1. The molecule has 0 aliphatic carbocycles. The topological polar surface area (TPSA) is 38.5 Å². The second kappa shape index (κ2) is 5.83. The van der Waals surface area contributed by atoms with E-state index < -0.39 is 0 Å². The fraction of sp³-hybridized carbons (Fsp3) is 1.00. The van der Waals surface area contributed by atoms with Gasteiger partial charge in [0.1, 0.15) is 0 Å². The predicted octanol–water partition coefficient (Wildman–Crippen LogP) is 1.47. The van der Waals surface area contributed by atoms with Crippen molar-refractivity contribution < 1.29 is 4.74 Å². The van der Waals surface area contributed by atoms with Gasteiger partial charge in [-0.2, -0.15) is 0 Å². The Morgan fingerprint density at radius 3 is 2.53 bits per heavy atom. The number of ether oxygens (including phenoxy) is 1. The molecule has 0 radical (unpaired) electrons. The molecule has 0 amide bonds. The monoisotopic (exact) mass is 214 g/mol. The lowest BCUT2D eigenvalue weighted by atomic mass is 9.98.